The third kappa shape index (κ3) is 2.71. The molecule has 2 rings (SSSR count). The summed E-state index contributed by atoms with van der Waals surface area (Å²) in [5.74, 6) is 0.839. The van der Waals surface area contributed by atoms with Crippen LogP contribution in [0.25, 0.3) is 0 Å². The van der Waals surface area contributed by atoms with Gasteiger partial charge in [0.2, 0.25) is 0 Å². The lowest BCUT2D eigenvalue weighted by Crippen LogP contribution is -2.38. The second-order valence-electron chi connectivity index (χ2n) is 4.17. The van der Waals surface area contributed by atoms with E-state index in [1.54, 1.807) is 7.11 Å². The Bertz CT molecular complexity index is 391. The van der Waals surface area contributed by atoms with Crippen molar-refractivity contribution in [1.82, 2.24) is 5.32 Å². The second kappa shape index (κ2) is 5.90. The van der Waals surface area contributed by atoms with Crippen molar-refractivity contribution in [1.29, 1.82) is 5.26 Å². The average molecular weight is 253 g/mol. The van der Waals surface area contributed by atoms with E-state index >= 15 is 0 Å². The van der Waals surface area contributed by atoms with Crippen molar-refractivity contribution < 1.29 is 4.74 Å². The van der Waals surface area contributed by atoms with Crippen molar-refractivity contribution in [3.05, 3.63) is 29.8 Å². The molecular formula is C13H17ClN2O. The van der Waals surface area contributed by atoms with E-state index < -0.39 is 0 Å². The zero-order chi connectivity index (χ0) is 11.4. The summed E-state index contributed by atoms with van der Waals surface area (Å²) in [4.78, 5) is 0. The van der Waals surface area contributed by atoms with Gasteiger partial charge >= 0.3 is 0 Å². The molecule has 4 heteroatoms. The molecule has 0 saturated carbocycles. The molecule has 1 aromatic rings. The molecule has 1 N–H and O–H groups in total. The number of piperidine rings is 1. The maximum Gasteiger partial charge on any atom is 0.118 e. The Morgan fingerprint density at radius 1 is 1.24 bits per heavy atom. The predicted molar refractivity (Wildman–Crippen MR) is 69.6 cm³/mol. The normalized spacial score (nSPS) is 17.6. The smallest absolute Gasteiger partial charge is 0.118 e. The van der Waals surface area contributed by atoms with Gasteiger partial charge in [-0.25, -0.2) is 0 Å². The van der Waals surface area contributed by atoms with E-state index in [0.717, 1.165) is 37.2 Å². The van der Waals surface area contributed by atoms with Crippen LogP contribution in [0, 0.1) is 11.3 Å². The summed E-state index contributed by atoms with van der Waals surface area (Å²) < 4.78 is 5.13. The molecule has 92 valence electrons. The Kier molecular flexibility index (Phi) is 4.80. The van der Waals surface area contributed by atoms with Gasteiger partial charge in [0.15, 0.2) is 0 Å². The maximum atomic E-state index is 9.41. The quantitative estimate of drug-likeness (QED) is 0.878. The van der Waals surface area contributed by atoms with E-state index in [1.807, 2.05) is 24.3 Å². The summed E-state index contributed by atoms with van der Waals surface area (Å²) in [5, 5.41) is 12.7. The minimum absolute atomic E-state index is 0. The van der Waals surface area contributed by atoms with E-state index in [2.05, 4.69) is 11.4 Å². The lowest BCUT2D eigenvalue weighted by Gasteiger charge is -2.31. The summed E-state index contributed by atoms with van der Waals surface area (Å²) in [5.41, 5.74) is 0.801. The largest absolute Gasteiger partial charge is 0.497 e. The fourth-order valence-electron chi connectivity index (χ4n) is 2.23. The van der Waals surface area contributed by atoms with Gasteiger partial charge in [0.1, 0.15) is 5.75 Å². The molecule has 1 heterocycles. The molecule has 3 nitrogen and oxygen atoms in total. The highest BCUT2D eigenvalue weighted by atomic mass is 35.5. The molecule has 0 bridgehead atoms. The number of rotatable bonds is 2. The Balaban J connectivity index is 0.00000144. The number of methoxy groups -OCH3 is 1. The Hall–Kier alpha value is -1.24. The van der Waals surface area contributed by atoms with Crippen molar-refractivity contribution >= 4 is 12.4 Å². The minimum Gasteiger partial charge on any atom is -0.497 e. The number of benzene rings is 1. The van der Waals surface area contributed by atoms with Gasteiger partial charge in [-0.1, -0.05) is 12.1 Å². The van der Waals surface area contributed by atoms with Crippen LogP contribution < -0.4 is 10.1 Å². The van der Waals surface area contributed by atoms with E-state index in [0.29, 0.717) is 0 Å². The van der Waals surface area contributed by atoms with Gasteiger partial charge in [-0.15, -0.1) is 12.4 Å². The van der Waals surface area contributed by atoms with Crippen LogP contribution in [0.3, 0.4) is 0 Å². The average Bonchev–Trinajstić information content (AvgIpc) is 2.39. The fraction of sp³-hybridized carbons (Fsp3) is 0.462. The summed E-state index contributed by atoms with van der Waals surface area (Å²) in [7, 11) is 1.65. The van der Waals surface area contributed by atoms with Gasteiger partial charge in [0.25, 0.3) is 0 Å². The number of hydrogen-bond acceptors (Lipinski definition) is 3. The van der Waals surface area contributed by atoms with E-state index in [9.17, 15) is 5.26 Å². The molecule has 0 atom stereocenters. The topological polar surface area (TPSA) is 45.0 Å². The van der Waals surface area contributed by atoms with Crippen LogP contribution in [0.1, 0.15) is 18.4 Å². The molecule has 0 amide bonds. The first-order chi connectivity index (χ1) is 7.80. The molecule has 17 heavy (non-hydrogen) atoms. The van der Waals surface area contributed by atoms with Gasteiger partial charge < -0.3 is 10.1 Å². The van der Waals surface area contributed by atoms with Crippen molar-refractivity contribution in [2.75, 3.05) is 20.2 Å². The summed E-state index contributed by atoms with van der Waals surface area (Å²) in [6.07, 6.45) is 1.77. The van der Waals surface area contributed by atoms with Crippen LogP contribution in [0.15, 0.2) is 24.3 Å². The summed E-state index contributed by atoms with van der Waals surface area (Å²) >= 11 is 0. The van der Waals surface area contributed by atoms with Crippen molar-refractivity contribution in [3.8, 4) is 11.8 Å². The van der Waals surface area contributed by atoms with Crippen LogP contribution in [0.4, 0.5) is 0 Å². The number of hydrogen-bond donors (Lipinski definition) is 1. The van der Waals surface area contributed by atoms with Gasteiger partial charge in [-0.3, -0.25) is 0 Å². The number of nitrogens with zero attached hydrogens (tertiary/aromatic N) is 1. The molecule has 0 unspecified atom stereocenters. The molecule has 1 aromatic carbocycles. The highest BCUT2D eigenvalue weighted by Crippen LogP contribution is 2.33. The first-order valence-corrected chi connectivity index (χ1v) is 5.57. The third-order valence-corrected chi connectivity index (χ3v) is 3.31. The van der Waals surface area contributed by atoms with Gasteiger partial charge in [-0.2, -0.15) is 5.26 Å². The molecule has 1 aliphatic heterocycles. The number of nitrogens with one attached hydrogen (secondary N) is 1. The van der Waals surface area contributed by atoms with Crippen LogP contribution in [-0.4, -0.2) is 20.2 Å². The molecule has 1 aliphatic rings. The Labute approximate surface area is 108 Å². The third-order valence-electron chi connectivity index (χ3n) is 3.31. The number of halogens is 1. The SMILES string of the molecule is COc1ccc(C2(C#N)CCNCC2)cc1.Cl. The predicted octanol–water partition coefficient (Wildman–Crippen LogP) is 2.26. The summed E-state index contributed by atoms with van der Waals surface area (Å²) in [6, 6.07) is 10.4. The van der Waals surface area contributed by atoms with Crippen molar-refractivity contribution in [3.63, 3.8) is 0 Å². The first kappa shape index (κ1) is 13.8. The van der Waals surface area contributed by atoms with Crippen molar-refractivity contribution in [2.24, 2.45) is 0 Å². The van der Waals surface area contributed by atoms with Crippen molar-refractivity contribution in [2.45, 2.75) is 18.3 Å². The minimum atomic E-state index is -0.308. The number of ether oxygens (including phenoxy) is 1. The van der Waals surface area contributed by atoms with Gasteiger partial charge in [0.05, 0.1) is 18.6 Å². The fourth-order valence-corrected chi connectivity index (χ4v) is 2.23. The summed E-state index contributed by atoms with van der Waals surface area (Å²) in [6.45, 7) is 1.83. The molecule has 0 aromatic heterocycles. The molecular weight excluding hydrogens is 236 g/mol. The van der Waals surface area contributed by atoms with Gasteiger partial charge in [-0.05, 0) is 43.6 Å². The van der Waals surface area contributed by atoms with E-state index in [4.69, 9.17) is 4.74 Å². The van der Waals surface area contributed by atoms with Crippen LogP contribution >= 0.6 is 12.4 Å². The van der Waals surface area contributed by atoms with Crippen LogP contribution in [-0.2, 0) is 5.41 Å². The molecule has 0 aliphatic carbocycles. The molecule has 1 saturated heterocycles. The van der Waals surface area contributed by atoms with Crippen LogP contribution in [0.5, 0.6) is 5.75 Å². The van der Waals surface area contributed by atoms with E-state index in [-0.39, 0.29) is 17.8 Å². The standard InChI is InChI=1S/C13H16N2O.ClH/c1-16-12-4-2-11(3-5-12)13(10-14)6-8-15-9-7-13;/h2-5,15H,6-9H2,1H3;1H. The lowest BCUT2D eigenvalue weighted by atomic mass is 9.74. The highest BCUT2D eigenvalue weighted by molar-refractivity contribution is 5.85. The van der Waals surface area contributed by atoms with E-state index in [1.165, 1.54) is 0 Å². The monoisotopic (exact) mass is 252 g/mol. The molecule has 0 spiro atoms. The molecule has 0 radical (unpaired) electrons. The highest BCUT2D eigenvalue weighted by Gasteiger charge is 2.33. The Morgan fingerprint density at radius 3 is 2.29 bits per heavy atom. The molecule has 1 fully saturated rings. The van der Waals surface area contributed by atoms with Crippen LogP contribution in [0.2, 0.25) is 0 Å². The first-order valence-electron chi connectivity index (χ1n) is 5.57. The lowest BCUT2D eigenvalue weighted by molar-refractivity contribution is 0.381. The van der Waals surface area contributed by atoms with Gasteiger partial charge in [0, 0.05) is 0 Å². The Morgan fingerprint density at radius 2 is 1.82 bits per heavy atom. The zero-order valence-corrected chi connectivity index (χ0v) is 10.7. The second-order valence-corrected chi connectivity index (χ2v) is 4.17. The maximum absolute atomic E-state index is 9.41. The zero-order valence-electron chi connectivity index (χ0n) is 9.90. The number of nitriles is 1.